The van der Waals surface area contributed by atoms with Crippen LogP contribution in [0.25, 0.3) is 0 Å². The van der Waals surface area contributed by atoms with Crippen LogP contribution in [0.15, 0.2) is 30.3 Å². The summed E-state index contributed by atoms with van der Waals surface area (Å²) in [5, 5.41) is 0. The van der Waals surface area contributed by atoms with Crippen molar-refractivity contribution in [3.05, 3.63) is 30.3 Å². The molecule has 0 radical (unpaired) electrons. The molecule has 0 heterocycles. The highest BCUT2D eigenvalue weighted by Crippen LogP contribution is 2.13. The largest absolute Gasteiger partial charge is 0.340 e. The van der Waals surface area contributed by atoms with E-state index in [1.165, 1.54) is 0 Å². The van der Waals surface area contributed by atoms with Crippen molar-refractivity contribution in [2.24, 2.45) is 0 Å². The highest BCUT2D eigenvalue weighted by molar-refractivity contribution is 5.93. The van der Waals surface area contributed by atoms with Gasteiger partial charge in [-0.1, -0.05) is 25.1 Å². The van der Waals surface area contributed by atoms with E-state index in [-0.39, 0.29) is 17.9 Å². The Kier molecular flexibility index (Phi) is 6.22. The molecular formula is C16H24N2O2. The van der Waals surface area contributed by atoms with Crippen molar-refractivity contribution in [3.63, 3.8) is 0 Å². The molecule has 0 aliphatic heterocycles. The zero-order valence-electron chi connectivity index (χ0n) is 12.8. The van der Waals surface area contributed by atoms with Gasteiger partial charge in [-0.25, -0.2) is 0 Å². The molecule has 0 saturated heterocycles. The number of hydrogen-bond donors (Lipinski definition) is 0. The minimum absolute atomic E-state index is 0.0192. The van der Waals surface area contributed by atoms with E-state index in [2.05, 4.69) is 0 Å². The summed E-state index contributed by atoms with van der Waals surface area (Å²) >= 11 is 0. The van der Waals surface area contributed by atoms with Gasteiger partial charge in [0.1, 0.15) is 0 Å². The van der Waals surface area contributed by atoms with Gasteiger partial charge in [-0.2, -0.15) is 0 Å². The van der Waals surface area contributed by atoms with Gasteiger partial charge < -0.3 is 9.80 Å². The molecule has 1 unspecified atom stereocenters. The Morgan fingerprint density at radius 2 is 1.80 bits per heavy atom. The fraction of sp³-hybridized carbons (Fsp3) is 0.500. The Bertz CT molecular complexity index is 445. The number of para-hydroxylation sites is 1. The predicted molar refractivity (Wildman–Crippen MR) is 81.6 cm³/mol. The van der Waals surface area contributed by atoms with E-state index in [0.717, 1.165) is 12.1 Å². The van der Waals surface area contributed by atoms with Gasteiger partial charge in [-0.05, 0) is 25.5 Å². The molecule has 20 heavy (non-hydrogen) atoms. The summed E-state index contributed by atoms with van der Waals surface area (Å²) in [6, 6.07) is 9.69. The molecule has 1 rings (SSSR count). The number of hydrogen-bond acceptors (Lipinski definition) is 2. The van der Waals surface area contributed by atoms with Crippen molar-refractivity contribution in [1.29, 1.82) is 0 Å². The molecular weight excluding hydrogens is 252 g/mol. The lowest BCUT2D eigenvalue weighted by molar-refractivity contribution is -0.131. The summed E-state index contributed by atoms with van der Waals surface area (Å²) in [6.45, 7) is 6.07. The molecule has 0 fully saturated rings. The molecule has 0 aliphatic rings. The third kappa shape index (κ3) is 4.37. The molecule has 0 N–H and O–H groups in total. The molecule has 2 amide bonds. The van der Waals surface area contributed by atoms with Crippen molar-refractivity contribution >= 4 is 17.5 Å². The van der Waals surface area contributed by atoms with Gasteiger partial charge in [0.25, 0.3) is 0 Å². The van der Waals surface area contributed by atoms with Crippen LogP contribution in [0.3, 0.4) is 0 Å². The van der Waals surface area contributed by atoms with Crippen molar-refractivity contribution in [3.8, 4) is 0 Å². The number of anilines is 1. The van der Waals surface area contributed by atoms with Crippen LogP contribution in [0.2, 0.25) is 0 Å². The van der Waals surface area contributed by atoms with Gasteiger partial charge in [0.15, 0.2) is 0 Å². The van der Waals surface area contributed by atoms with Crippen LogP contribution in [-0.4, -0.2) is 36.3 Å². The monoisotopic (exact) mass is 276 g/mol. The van der Waals surface area contributed by atoms with E-state index in [1.54, 1.807) is 23.8 Å². The second kappa shape index (κ2) is 7.68. The van der Waals surface area contributed by atoms with Crippen LogP contribution in [0.4, 0.5) is 5.69 Å². The van der Waals surface area contributed by atoms with Gasteiger partial charge in [0.2, 0.25) is 11.8 Å². The quantitative estimate of drug-likeness (QED) is 0.801. The molecule has 1 atom stereocenters. The van der Waals surface area contributed by atoms with E-state index in [4.69, 9.17) is 0 Å². The topological polar surface area (TPSA) is 40.6 Å². The van der Waals surface area contributed by atoms with Crippen LogP contribution >= 0.6 is 0 Å². The molecule has 110 valence electrons. The minimum atomic E-state index is 0.0192. The van der Waals surface area contributed by atoms with Crippen LogP contribution in [-0.2, 0) is 9.59 Å². The first-order valence-corrected chi connectivity index (χ1v) is 7.06. The van der Waals surface area contributed by atoms with Crippen molar-refractivity contribution < 1.29 is 9.59 Å². The zero-order valence-corrected chi connectivity index (χ0v) is 12.8. The Labute approximate surface area is 121 Å². The second-order valence-corrected chi connectivity index (χ2v) is 5.01. The van der Waals surface area contributed by atoms with Gasteiger partial charge in [0.05, 0.1) is 0 Å². The summed E-state index contributed by atoms with van der Waals surface area (Å²) < 4.78 is 0. The Hall–Kier alpha value is -1.84. The number of carbonyl (C=O) groups excluding carboxylic acids is 2. The van der Waals surface area contributed by atoms with Crippen LogP contribution in [0.5, 0.6) is 0 Å². The van der Waals surface area contributed by atoms with Crippen molar-refractivity contribution in [2.75, 3.05) is 18.5 Å². The summed E-state index contributed by atoms with van der Waals surface area (Å²) in [6.07, 6.45) is 1.23. The summed E-state index contributed by atoms with van der Waals surface area (Å²) in [5.74, 6) is 0.0419. The number of amides is 2. The maximum atomic E-state index is 12.2. The third-order valence-electron chi connectivity index (χ3n) is 3.61. The van der Waals surface area contributed by atoms with Crippen LogP contribution in [0, 0.1) is 0 Å². The summed E-state index contributed by atoms with van der Waals surface area (Å²) in [7, 11) is 1.76. The number of nitrogens with zero attached hydrogens (tertiary/aromatic N) is 2. The SMILES string of the molecule is CCC(C)N(CCC(=O)N(C)c1ccccc1)C(C)=O. The summed E-state index contributed by atoms with van der Waals surface area (Å²) in [4.78, 5) is 27.2. The minimum Gasteiger partial charge on any atom is -0.340 e. The molecule has 4 nitrogen and oxygen atoms in total. The fourth-order valence-electron chi connectivity index (χ4n) is 2.09. The molecule has 4 heteroatoms. The van der Waals surface area contributed by atoms with E-state index in [9.17, 15) is 9.59 Å². The maximum absolute atomic E-state index is 12.2. The van der Waals surface area contributed by atoms with Gasteiger partial charge in [0, 0.05) is 38.7 Å². The van der Waals surface area contributed by atoms with E-state index in [0.29, 0.717) is 13.0 Å². The molecule has 1 aromatic rings. The molecule has 0 aliphatic carbocycles. The zero-order chi connectivity index (χ0) is 15.1. The average Bonchev–Trinajstić information content (AvgIpc) is 2.46. The van der Waals surface area contributed by atoms with Gasteiger partial charge >= 0.3 is 0 Å². The van der Waals surface area contributed by atoms with Crippen molar-refractivity contribution in [1.82, 2.24) is 4.90 Å². The number of rotatable bonds is 6. The first-order chi connectivity index (χ1) is 9.47. The normalized spacial score (nSPS) is 11.8. The predicted octanol–water partition coefficient (Wildman–Crippen LogP) is 2.69. The number of carbonyl (C=O) groups is 2. The Morgan fingerprint density at radius 3 is 2.30 bits per heavy atom. The summed E-state index contributed by atoms with van der Waals surface area (Å²) in [5.41, 5.74) is 0.871. The molecule has 1 aromatic carbocycles. The van der Waals surface area contributed by atoms with Crippen molar-refractivity contribution in [2.45, 2.75) is 39.7 Å². The van der Waals surface area contributed by atoms with Crippen LogP contribution < -0.4 is 4.90 Å². The third-order valence-corrected chi connectivity index (χ3v) is 3.61. The average molecular weight is 276 g/mol. The number of benzene rings is 1. The smallest absolute Gasteiger partial charge is 0.228 e. The fourth-order valence-corrected chi connectivity index (χ4v) is 2.09. The Balaban J connectivity index is 2.60. The van der Waals surface area contributed by atoms with Gasteiger partial charge in [-0.3, -0.25) is 9.59 Å². The molecule has 0 spiro atoms. The maximum Gasteiger partial charge on any atom is 0.228 e. The van der Waals surface area contributed by atoms with E-state index < -0.39 is 0 Å². The Morgan fingerprint density at radius 1 is 1.20 bits per heavy atom. The van der Waals surface area contributed by atoms with E-state index >= 15 is 0 Å². The molecule has 0 aromatic heterocycles. The second-order valence-electron chi connectivity index (χ2n) is 5.01. The standard InChI is InChI=1S/C16H24N2O2/c1-5-13(2)18(14(3)19)12-11-16(20)17(4)15-9-7-6-8-10-15/h6-10,13H,5,11-12H2,1-4H3. The highest BCUT2D eigenvalue weighted by atomic mass is 16.2. The van der Waals surface area contributed by atoms with E-state index in [1.807, 2.05) is 44.2 Å². The lowest BCUT2D eigenvalue weighted by Gasteiger charge is -2.28. The molecule has 0 bridgehead atoms. The lowest BCUT2D eigenvalue weighted by atomic mass is 10.2. The van der Waals surface area contributed by atoms with Crippen LogP contribution in [0.1, 0.15) is 33.6 Å². The first kappa shape index (κ1) is 16.2. The highest BCUT2D eigenvalue weighted by Gasteiger charge is 2.18. The first-order valence-electron chi connectivity index (χ1n) is 7.06. The van der Waals surface area contributed by atoms with Gasteiger partial charge in [-0.15, -0.1) is 0 Å². The molecule has 0 saturated carbocycles. The lowest BCUT2D eigenvalue weighted by Crippen LogP contribution is -2.39.